The van der Waals surface area contributed by atoms with Gasteiger partial charge in [0.2, 0.25) is 0 Å². The molecule has 0 amide bonds. The summed E-state index contributed by atoms with van der Waals surface area (Å²) < 4.78 is 10.8. The Morgan fingerprint density at radius 3 is 1.46 bits per heavy atom. The van der Waals surface area contributed by atoms with Gasteiger partial charge in [0.1, 0.15) is 11.5 Å². The van der Waals surface area contributed by atoms with Gasteiger partial charge in [-0.1, -0.05) is 63.2 Å². The minimum atomic E-state index is -2.48. The van der Waals surface area contributed by atoms with Crippen molar-refractivity contribution in [3.8, 4) is 11.5 Å². The molecule has 0 atom stereocenters. The standard InChI is InChI=1S/C24H29NO2Si/c1-24(2,3)28(23-9-7-6-8-22(23)25,20-14-10-18(26-4)11-15-20)21-16-12-19(27-5)13-17-21/h6-17H,25H2,1-5H3. The Hall–Kier alpha value is -2.72. The molecular formula is C24H29NO2Si. The first-order valence-electron chi connectivity index (χ1n) is 9.48. The number of nitrogen functional groups attached to an aromatic ring is 1. The van der Waals surface area contributed by atoms with Crippen LogP contribution in [0.2, 0.25) is 5.04 Å². The molecule has 3 rings (SSSR count). The molecule has 0 heterocycles. The van der Waals surface area contributed by atoms with Crippen molar-refractivity contribution in [2.24, 2.45) is 0 Å². The van der Waals surface area contributed by atoms with E-state index in [2.05, 4.69) is 57.2 Å². The van der Waals surface area contributed by atoms with E-state index in [9.17, 15) is 0 Å². The van der Waals surface area contributed by atoms with Gasteiger partial charge in [-0.3, -0.25) is 0 Å². The van der Waals surface area contributed by atoms with Crippen LogP contribution in [0, 0.1) is 0 Å². The van der Waals surface area contributed by atoms with Crippen LogP contribution >= 0.6 is 0 Å². The lowest BCUT2D eigenvalue weighted by molar-refractivity contribution is 0.415. The van der Waals surface area contributed by atoms with Gasteiger partial charge in [-0.25, -0.2) is 0 Å². The van der Waals surface area contributed by atoms with Gasteiger partial charge in [0.05, 0.1) is 14.2 Å². The fourth-order valence-electron chi connectivity index (χ4n) is 4.27. The second-order valence-electron chi connectivity index (χ2n) is 8.04. The summed E-state index contributed by atoms with van der Waals surface area (Å²) in [5.41, 5.74) is 7.42. The average molecular weight is 392 g/mol. The third-order valence-electron chi connectivity index (χ3n) is 5.54. The highest BCUT2D eigenvalue weighted by atomic mass is 28.3. The monoisotopic (exact) mass is 391 g/mol. The molecule has 0 unspecified atom stereocenters. The van der Waals surface area contributed by atoms with Crippen LogP contribution in [-0.2, 0) is 0 Å². The number of ether oxygens (including phenoxy) is 2. The summed E-state index contributed by atoms with van der Waals surface area (Å²) in [5, 5.41) is 3.83. The third kappa shape index (κ3) is 3.29. The first-order chi connectivity index (χ1) is 13.3. The average Bonchev–Trinajstić information content (AvgIpc) is 2.70. The molecule has 3 aromatic rings. The van der Waals surface area contributed by atoms with Crippen LogP contribution in [-0.4, -0.2) is 22.3 Å². The van der Waals surface area contributed by atoms with Gasteiger partial charge in [0.15, 0.2) is 8.07 Å². The van der Waals surface area contributed by atoms with Crippen molar-refractivity contribution in [3.05, 3.63) is 72.8 Å². The second-order valence-corrected chi connectivity index (χ2v) is 12.7. The predicted octanol–water partition coefficient (Wildman–Crippen LogP) is 3.56. The Kier molecular flexibility index (Phi) is 5.52. The fourth-order valence-corrected chi connectivity index (χ4v) is 9.96. The zero-order valence-corrected chi connectivity index (χ0v) is 18.3. The molecule has 0 aromatic heterocycles. The van der Waals surface area contributed by atoms with Crippen molar-refractivity contribution in [2.75, 3.05) is 20.0 Å². The van der Waals surface area contributed by atoms with E-state index in [4.69, 9.17) is 15.2 Å². The van der Waals surface area contributed by atoms with Gasteiger partial charge in [-0.2, -0.15) is 0 Å². The first-order valence-corrected chi connectivity index (χ1v) is 11.5. The Morgan fingerprint density at radius 1 is 0.679 bits per heavy atom. The van der Waals surface area contributed by atoms with Crippen molar-refractivity contribution < 1.29 is 9.47 Å². The Morgan fingerprint density at radius 2 is 1.11 bits per heavy atom. The lowest BCUT2D eigenvalue weighted by Gasteiger charge is -2.45. The minimum Gasteiger partial charge on any atom is -0.497 e. The van der Waals surface area contributed by atoms with Gasteiger partial charge in [0.25, 0.3) is 0 Å². The molecule has 0 aliphatic heterocycles. The molecule has 3 nitrogen and oxygen atoms in total. The largest absolute Gasteiger partial charge is 0.497 e. The number of benzene rings is 3. The fraction of sp³-hybridized carbons (Fsp3) is 0.250. The van der Waals surface area contributed by atoms with Crippen LogP contribution in [0.1, 0.15) is 20.8 Å². The molecule has 4 heteroatoms. The van der Waals surface area contributed by atoms with Crippen molar-refractivity contribution in [2.45, 2.75) is 25.8 Å². The van der Waals surface area contributed by atoms with Crippen molar-refractivity contribution in [1.82, 2.24) is 0 Å². The summed E-state index contributed by atoms with van der Waals surface area (Å²) in [5.74, 6) is 1.72. The molecule has 0 fully saturated rings. The molecule has 0 aliphatic rings. The van der Waals surface area contributed by atoms with E-state index in [0.717, 1.165) is 17.2 Å². The molecule has 146 valence electrons. The molecule has 0 aliphatic carbocycles. The maximum atomic E-state index is 6.58. The smallest absolute Gasteiger partial charge is 0.156 e. The summed E-state index contributed by atoms with van der Waals surface area (Å²) in [4.78, 5) is 0. The molecular weight excluding hydrogens is 362 g/mol. The van der Waals surface area contributed by atoms with Gasteiger partial charge < -0.3 is 15.2 Å². The summed E-state index contributed by atoms with van der Waals surface area (Å²) in [6.07, 6.45) is 0. The van der Waals surface area contributed by atoms with Crippen LogP contribution in [0.15, 0.2) is 72.8 Å². The lowest BCUT2D eigenvalue weighted by atomic mass is 10.2. The normalized spacial score (nSPS) is 11.9. The number of methoxy groups -OCH3 is 2. The second kappa shape index (κ2) is 7.72. The van der Waals surface area contributed by atoms with Gasteiger partial charge in [-0.05, 0) is 50.9 Å². The van der Waals surface area contributed by atoms with Crippen LogP contribution < -0.4 is 30.8 Å². The highest BCUT2D eigenvalue weighted by Crippen LogP contribution is 2.37. The van der Waals surface area contributed by atoms with Crippen LogP contribution in [0.3, 0.4) is 0 Å². The first kappa shape index (κ1) is 20.0. The predicted molar refractivity (Wildman–Crippen MR) is 121 cm³/mol. The van der Waals surface area contributed by atoms with Gasteiger partial charge in [0, 0.05) is 5.69 Å². The summed E-state index contributed by atoms with van der Waals surface area (Å²) in [6.45, 7) is 6.96. The lowest BCUT2D eigenvalue weighted by Crippen LogP contribution is -2.72. The quantitative estimate of drug-likeness (QED) is 0.411. The van der Waals surface area contributed by atoms with E-state index < -0.39 is 8.07 Å². The van der Waals surface area contributed by atoms with Crippen LogP contribution in [0.5, 0.6) is 11.5 Å². The van der Waals surface area contributed by atoms with E-state index in [1.165, 1.54) is 15.6 Å². The molecule has 0 spiro atoms. The number of hydrogen-bond acceptors (Lipinski definition) is 3. The van der Waals surface area contributed by atoms with Crippen LogP contribution in [0.25, 0.3) is 0 Å². The van der Waals surface area contributed by atoms with E-state index in [0.29, 0.717) is 0 Å². The maximum absolute atomic E-state index is 6.58. The molecule has 0 saturated carbocycles. The molecule has 3 aromatic carbocycles. The molecule has 0 saturated heterocycles. The van der Waals surface area contributed by atoms with Gasteiger partial charge >= 0.3 is 0 Å². The van der Waals surface area contributed by atoms with Gasteiger partial charge in [-0.15, -0.1) is 0 Å². The Balaban J connectivity index is 2.39. The minimum absolute atomic E-state index is 0.0222. The summed E-state index contributed by atoms with van der Waals surface area (Å²) in [6, 6.07) is 25.3. The zero-order valence-electron chi connectivity index (χ0n) is 17.3. The topological polar surface area (TPSA) is 44.5 Å². The Labute approximate surface area is 169 Å². The zero-order chi connectivity index (χ0) is 20.4. The Bertz CT molecular complexity index is 881. The van der Waals surface area contributed by atoms with E-state index in [-0.39, 0.29) is 5.04 Å². The summed E-state index contributed by atoms with van der Waals surface area (Å²) >= 11 is 0. The van der Waals surface area contributed by atoms with Crippen LogP contribution in [0.4, 0.5) is 5.69 Å². The number of anilines is 1. The summed E-state index contributed by atoms with van der Waals surface area (Å²) in [7, 11) is 0.916. The maximum Gasteiger partial charge on any atom is 0.156 e. The molecule has 0 bridgehead atoms. The van der Waals surface area contributed by atoms with E-state index in [1.807, 2.05) is 36.4 Å². The van der Waals surface area contributed by atoms with E-state index in [1.54, 1.807) is 14.2 Å². The molecule has 28 heavy (non-hydrogen) atoms. The highest BCUT2D eigenvalue weighted by molar-refractivity contribution is 7.13. The van der Waals surface area contributed by atoms with Crippen molar-refractivity contribution in [3.63, 3.8) is 0 Å². The number of nitrogens with two attached hydrogens (primary N) is 1. The SMILES string of the molecule is COc1ccc([Si](c2ccc(OC)cc2)(c2ccccc2N)C(C)(C)C)cc1. The number of rotatable bonds is 5. The van der Waals surface area contributed by atoms with Crippen molar-refractivity contribution >= 4 is 29.3 Å². The van der Waals surface area contributed by atoms with Crippen molar-refractivity contribution in [1.29, 1.82) is 0 Å². The molecule has 2 N–H and O–H groups in total. The van der Waals surface area contributed by atoms with E-state index >= 15 is 0 Å². The highest BCUT2D eigenvalue weighted by Gasteiger charge is 2.50. The molecule has 0 radical (unpaired) electrons. The number of hydrogen-bond donors (Lipinski definition) is 1. The number of para-hydroxylation sites is 1. The third-order valence-corrected chi connectivity index (χ3v) is 11.4.